The number of ketones is 1. The summed E-state index contributed by atoms with van der Waals surface area (Å²) in [6.45, 7) is 20.1. The fourth-order valence-electron chi connectivity index (χ4n) is 13.1. The molecule has 4 N–H and O–H groups in total. The summed E-state index contributed by atoms with van der Waals surface area (Å²) in [5.41, 5.74) is 10.9. The number of hydrogen-bond acceptors (Lipinski definition) is 6. The monoisotopic (exact) mass is 633 g/mol. The standard InChI is InChI=1S/C38H59N5O3/c1-34(2)19-23-22(24(20-34)30(44)29(33(45)46)43-17-15-42(8)16-18-43)11-13-37(6)26(23)9-10-28-36(5)21-25-31(40-41-32(25)39)35(3,4)27(36)12-14-38(28,37)7/h9,22-24,27-29H,10-21H2,1-8H3,(H,45,46)(H3,39,40,41)/t22-,23?,24+,27?,28?,29?,36-,37+,38+/m0/s1. The molecule has 1 aliphatic heterocycles. The van der Waals surface area contributed by atoms with Crippen LogP contribution in [-0.2, 0) is 21.4 Å². The average molecular weight is 634 g/mol. The zero-order valence-electron chi connectivity index (χ0n) is 29.7. The number of nitrogens with two attached hydrogens (primary N) is 1. The number of aromatic nitrogens is 2. The molecule has 1 aromatic rings. The van der Waals surface area contributed by atoms with Gasteiger partial charge in [0.2, 0.25) is 0 Å². The molecule has 4 unspecified atom stereocenters. The highest BCUT2D eigenvalue weighted by molar-refractivity contribution is 6.03. The lowest BCUT2D eigenvalue weighted by Crippen LogP contribution is -2.64. The summed E-state index contributed by atoms with van der Waals surface area (Å²) < 4.78 is 0. The maximum atomic E-state index is 14.5. The Kier molecular flexibility index (Phi) is 7.32. The van der Waals surface area contributed by atoms with E-state index in [2.05, 4.69) is 76.7 Å². The van der Waals surface area contributed by atoms with E-state index in [4.69, 9.17) is 5.73 Å². The first-order chi connectivity index (χ1) is 21.4. The average Bonchev–Trinajstić information content (AvgIpc) is 3.33. The molecule has 1 aromatic heterocycles. The number of nitrogen functional groups attached to an aromatic ring is 1. The zero-order valence-corrected chi connectivity index (χ0v) is 29.7. The van der Waals surface area contributed by atoms with Crippen molar-refractivity contribution < 1.29 is 14.7 Å². The molecule has 8 heteroatoms. The second kappa shape index (κ2) is 10.4. The minimum Gasteiger partial charge on any atom is -0.480 e. The van der Waals surface area contributed by atoms with Crippen LogP contribution in [0.25, 0.3) is 0 Å². The number of carboxylic acid groups (broad SMARTS) is 1. The van der Waals surface area contributed by atoms with Gasteiger partial charge in [0, 0.05) is 48.8 Å². The number of carbonyl (C=O) groups excluding carboxylic acids is 1. The first kappa shape index (κ1) is 32.4. The van der Waals surface area contributed by atoms with Crippen LogP contribution in [0.4, 0.5) is 5.82 Å². The molecule has 6 aliphatic rings. The maximum absolute atomic E-state index is 14.5. The predicted molar refractivity (Wildman–Crippen MR) is 181 cm³/mol. The van der Waals surface area contributed by atoms with E-state index in [1.807, 2.05) is 4.90 Å². The lowest BCUT2D eigenvalue weighted by Gasteiger charge is -2.70. The van der Waals surface area contributed by atoms with E-state index in [-0.39, 0.29) is 44.7 Å². The number of aromatic amines is 1. The third-order valence-corrected chi connectivity index (χ3v) is 15.5. The highest BCUT2D eigenvalue weighted by Crippen LogP contribution is 2.74. The van der Waals surface area contributed by atoms with Crippen LogP contribution in [0.3, 0.4) is 0 Å². The van der Waals surface area contributed by atoms with E-state index >= 15 is 0 Å². The number of anilines is 1. The van der Waals surface area contributed by atoms with Gasteiger partial charge < -0.3 is 15.7 Å². The van der Waals surface area contributed by atoms with Gasteiger partial charge in [-0.15, -0.1) is 0 Å². The summed E-state index contributed by atoms with van der Waals surface area (Å²) in [5.74, 6) is 1.11. The largest absolute Gasteiger partial charge is 0.480 e. The van der Waals surface area contributed by atoms with Crippen molar-refractivity contribution in [1.29, 1.82) is 0 Å². The number of likely N-dealkylation sites (N-methyl/N-ethyl adjacent to an activating group) is 1. The van der Waals surface area contributed by atoms with E-state index in [1.165, 1.54) is 24.1 Å². The van der Waals surface area contributed by atoms with Crippen LogP contribution in [-0.4, -0.2) is 76.1 Å². The first-order valence-corrected chi connectivity index (χ1v) is 18.2. The number of nitrogens with zero attached hydrogens (tertiary/aromatic N) is 3. The molecular weight excluding hydrogens is 574 g/mol. The van der Waals surface area contributed by atoms with Gasteiger partial charge >= 0.3 is 5.97 Å². The minimum absolute atomic E-state index is 0.0116. The highest BCUT2D eigenvalue weighted by atomic mass is 16.4. The second-order valence-corrected chi connectivity index (χ2v) is 18.6. The Morgan fingerprint density at radius 1 is 1.00 bits per heavy atom. The van der Waals surface area contributed by atoms with E-state index in [0.29, 0.717) is 36.7 Å². The number of piperazine rings is 1. The van der Waals surface area contributed by atoms with E-state index < -0.39 is 12.0 Å². The normalized spacial score (nSPS) is 42.3. The minimum atomic E-state index is -1.03. The van der Waals surface area contributed by atoms with E-state index in [9.17, 15) is 14.7 Å². The molecule has 46 heavy (non-hydrogen) atoms. The summed E-state index contributed by atoms with van der Waals surface area (Å²) in [5, 5.41) is 18.3. The molecule has 0 aromatic carbocycles. The molecule has 0 spiro atoms. The molecule has 0 amide bonds. The molecule has 9 atom stereocenters. The summed E-state index contributed by atoms with van der Waals surface area (Å²) in [6.07, 6.45) is 11.0. The number of nitrogens with one attached hydrogen (secondary N) is 1. The molecule has 2 heterocycles. The van der Waals surface area contributed by atoms with Crippen molar-refractivity contribution in [2.24, 2.45) is 51.2 Å². The first-order valence-electron chi connectivity index (χ1n) is 18.2. The van der Waals surface area contributed by atoms with Gasteiger partial charge in [0.1, 0.15) is 5.82 Å². The number of hydrogen-bond donors (Lipinski definition) is 3. The Bertz CT molecular complexity index is 1450. The Labute approximate surface area is 276 Å². The summed E-state index contributed by atoms with van der Waals surface area (Å²) in [6, 6.07) is -1.03. The van der Waals surface area contributed by atoms with Gasteiger partial charge in [0.05, 0.1) is 0 Å². The maximum Gasteiger partial charge on any atom is 0.328 e. The molecule has 7 rings (SSSR count). The number of H-pyrrole nitrogens is 1. The van der Waals surface area contributed by atoms with Crippen molar-refractivity contribution in [3.8, 4) is 0 Å². The van der Waals surface area contributed by atoms with Gasteiger partial charge in [-0.1, -0.05) is 60.1 Å². The van der Waals surface area contributed by atoms with Crippen molar-refractivity contribution in [2.45, 2.75) is 111 Å². The summed E-state index contributed by atoms with van der Waals surface area (Å²) >= 11 is 0. The van der Waals surface area contributed by atoms with Gasteiger partial charge in [0.15, 0.2) is 11.8 Å². The van der Waals surface area contributed by atoms with Crippen LogP contribution in [0.15, 0.2) is 11.6 Å². The molecular formula is C38H59N5O3. The number of carboxylic acids is 1. The van der Waals surface area contributed by atoms with Crippen LogP contribution in [0, 0.1) is 51.2 Å². The fraction of sp³-hybridized carbons (Fsp3) is 0.816. The molecule has 5 aliphatic carbocycles. The molecule has 0 bridgehead atoms. The fourth-order valence-corrected chi connectivity index (χ4v) is 13.1. The summed E-state index contributed by atoms with van der Waals surface area (Å²) in [4.78, 5) is 31.4. The summed E-state index contributed by atoms with van der Waals surface area (Å²) in [7, 11) is 2.07. The van der Waals surface area contributed by atoms with Crippen molar-refractivity contribution in [1.82, 2.24) is 20.0 Å². The van der Waals surface area contributed by atoms with Gasteiger partial charge in [0.25, 0.3) is 0 Å². The Morgan fingerprint density at radius 2 is 1.70 bits per heavy atom. The predicted octanol–water partition coefficient (Wildman–Crippen LogP) is 5.93. The molecule has 8 nitrogen and oxygen atoms in total. The number of Topliss-reactive ketones (excluding diaryl/α,β-unsaturated/α-hetero) is 1. The quantitative estimate of drug-likeness (QED) is 0.278. The third-order valence-electron chi connectivity index (χ3n) is 15.5. The lowest BCUT2D eigenvalue weighted by atomic mass is 9.34. The second-order valence-electron chi connectivity index (χ2n) is 18.6. The number of aliphatic carboxylic acids is 1. The van der Waals surface area contributed by atoms with Crippen LogP contribution >= 0.6 is 0 Å². The van der Waals surface area contributed by atoms with Crippen molar-refractivity contribution in [3.63, 3.8) is 0 Å². The smallest absolute Gasteiger partial charge is 0.328 e. The number of carbonyl (C=O) groups is 2. The number of fused-ring (bicyclic) bond motifs is 8. The molecule has 1 saturated heterocycles. The third kappa shape index (κ3) is 4.40. The Hall–Kier alpha value is -2.19. The van der Waals surface area contributed by atoms with Crippen molar-refractivity contribution in [2.75, 3.05) is 39.0 Å². The van der Waals surface area contributed by atoms with Crippen LogP contribution in [0.2, 0.25) is 0 Å². The van der Waals surface area contributed by atoms with Crippen molar-refractivity contribution in [3.05, 3.63) is 22.9 Å². The Morgan fingerprint density at radius 3 is 2.37 bits per heavy atom. The zero-order chi connectivity index (χ0) is 33.2. The Balaban J connectivity index is 1.24. The van der Waals surface area contributed by atoms with Crippen molar-refractivity contribution >= 4 is 17.6 Å². The van der Waals surface area contributed by atoms with E-state index in [0.717, 1.165) is 51.6 Å². The molecule has 254 valence electrons. The van der Waals surface area contributed by atoms with Crippen LogP contribution in [0.1, 0.15) is 105 Å². The molecule has 3 saturated carbocycles. The van der Waals surface area contributed by atoms with Crippen LogP contribution < -0.4 is 5.73 Å². The van der Waals surface area contributed by atoms with Crippen LogP contribution in [0.5, 0.6) is 0 Å². The van der Waals surface area contributed by atoms with E-state index in [1.54, 1.807) is 5.57 Å². The van der Waals surface area contributed by atoms with Gasteiger partial charge in [-0.25, -0.2) is 0 Å². The highest BCUT2D eigenvalue weighted by Gasteiger charge is 2.67. The van der Waals surface area contributed by atoms with Gasteiger partial charge in [-0.05, 0) is 104 Å². The number of allylic oxidation sites excluding steroid dienone is 2. The van der Waals surface area contributed by atoms with Gasteiger partial charge in [-0.3, -0.25) is 19.6 Å². The SMILES string of the molecule is CN1CCN(C(C(=O)O)C(=O)[C@@H]2CC(C)(C)CC3C4=CCC5[C@@]6(C)Cc7c(N)n[nH]c7C(C)(C)C6CC[C@@]5(C)[C@]4(C)CC[C@@H]32)CC1. The molecule has 0 radical (unpaired) electrons. The lowest BCUT2D eigenvalue weighted by molar-refractivity contribution is -0.160. The number of rotatable bonds is 4. The van der Waals surface area contributed by atoms with Gasteiger partial charge in [-0.2, -0.15) is 5.10 Å². The molecule has 4 fully saturated rings. The topological polar surface area (TPSA) is 116 Å².